The van der Waals surface area contributed by atoms with Crippen molar-refractivity contribution in [2.24, 2.45) is 5.73 Å². The summed E-state index contributed by atoms with van der Waals surface area (Å²) in [5.74, 6) is 0. The summed E-state index contributed by atoms with van der Waals surface area (Å²) in [7, 11) is 0. The van der Waals surface area contributed by atoms with Crippen molar-refractivity contribution in [1.82, 2.24) is 0 Å². The molecule has 0 bridgehead atoms. The van der Waals surface area contributed by atoms with E-state index in [2.05, 4.69) is 0 Å². The highest BCUT2D eigenvalue weighted by Gasteiger charge is 2.15. The van der Waals surface area contributed by atoms with Gasteiger partial charge in [-0.1, -0.05) is 31.0 Å². The van der Waals surface area contributed by atoms with Crippen LogP contribution in [-0.2, 0) is 0 Å². The lowest BCUT2D eigenvalue weighted by Gasteiger charge is -2.10. The van der Waals surface area contributed by atoms with Crippen molar-refractivity contribution in [3.05, 3.63) is 38.9 Å². The molecule has 16 heavy (non-hydrogen) atoms. The van der Waals surface area contributed by atoms with Crippen molar-refractivity contribution >= 4 is 29.7 Å². The third-order valence-electron chi connectivity index (χ3n) is 2.19. The molecule has 0 fully saturated rings. The standard InChI is InChI=1S/C10H13ClN2O2.ClH/c1-2-3-9(12)7-4-5-8(11)10(6-7)13(14)15;/h4-6,9H,2-3,12H2,1H3;1H/t9-;/m1./s1. The Balaban J connectivity index is 0.00000225. The van der Waals surface area contributed by atoms with E-state index < -0.39 is 4.92 Å². The minimum atomic E-state index is -0.496. The number of nitrogens with zero attached hydrogens (tertiary/aromatic N) is 1. The Morgan fingerprint density at radius 1 is 1.56 bits per heavy atom. The first-order valence-electron chi connectivity index (χ1n) is 4.75. The van der Waals surface area contributed by atoms with Gasteiger partial charge in [-0.3, -0.25) is 10.1 Å². The Kier molecular flexibility index (Phi) is 6.33. The summed E-state index contributed by atoms with van der Waals surface area (Å²) in [4.78, 5) is 10.1. The quantitative estimate of drug-likeness (QED) is 0.669. The number of rotatable bonds is 4. The van der Waals surface area contributed by atoms with Crippen LogP contribution in [0, 0.1) is 10.1 Å². The fourth-order valence-electron chi connectivity index (χ4n) is 1.38. The van der Waals surface area contributed by atoms with E-state index in [0.717, 1.165) is 18.4 Å². The lowest BCUT2D eigenvalue weighted by Crippen LogP contribution is -2.09. The molecule has 0 aliphatic carbocycles. The zero-order valence-electron chi connectivity index (χ0n) is 8.85. The summed E-state index contributed by atoms with van der Waals surface area (Å²) in [6.07, 6.45) is 1.75. The van der Waals surface area contributed by atoms with E-state index in [-0.39, 0.29) is 29.2 Å². The van der Waals surface area contributed by atoms with Crippen LogP contribution in [0.1, 0.15) is 31.4 Å². The molecule has 0 saturated heterocycles. The molecule has 0 aliphatic rings. The monoisotopic (exact) mass is 264 g/mol. The van der Waals surface area contributed by atoms with Gasteiger partial charge < -0.3 is 5.73 Å². The minimum absolute atomic E-state index is 0. The van der Waals surface area contributed by atoms with Crippen LogP contribution in [0.3, 0.4) is 0 Å². The van der Waals surface area contributed by atoms with Crippen molar-refractivity contribution in [3.8, 4) is 0 Å². The number of nitrogens with two attached hydrogens (primary N) is 1. The van der Waals surface area contributed by atoms with E-state index in [4.69, 9.17) is 17.3 Å². The van der Waals surface area contributed by atoms with Crippen molar-refractivity contribution in [2.75, 3.05) is 0 Å². The fourth-order valence-corrected chi connectivity index (χ4v) is 1.56. The second-order valence-corrected chi connectivity index (χ2v) is 3.77. The van der Waals surface area contributed by atoms with Crippen LogP contribution in [0.2, 0.25) is 5.02 Å². The largest absolute Gasteiger partial charge is 0.324 e. The maximum atomic E-state index is 10.6. The van der Waals surface area contributed by atoms with Crippen LogP contribution in [0.15, 0.2) is 18.2 Å². The molecule has 0 radical (unpaired) electrons. The zero-order valence-corrected chi connectivity index (χ0v) is 10.4. The molecule has 0 amide bonds. The minimum Gasteiger partial charge on any atom is -0.324 e. The topological polar surface area (TPSA) is 69.2 Å². The van der Waals surface area contributed by atoms with Gasteiger partial charge >= 0.3 is 0 Å². The van der Waals surface area contributed by atoms with Gasteiger partial charge in [0.2, 0.25) is 0 Å². The Bertz CT molecular complexity index is 372. The number of benzene rings is 1. The first-order valence-corrected chi connectivity index (χ1v) is 5.13. The van der Waals surface area contributed by atoms with Gasteiger partial charge in [0.05, 0.1) is 4.92 Å². The molecule has 0 aromatic heterocycles. The Morgan fingerprint density at radius 2 is 2.19 bits per heavy atom. The molecule has 1 rings (SSSR count). The highest BCUT2D eigenvalue weighted by molar-refractivity contribution is 6.32. The first kappa shape index (κ1) is 15.2. The highest BCUT2D eigenvalue weighted by atomic mass is 35.5. The summed E-state index contributed by atoms with van der Waals surface area (Å²) in [5.41, 5.74) is 6.53. The summed E-state index contributed by atoms with van der Waals surface area (Å²) in [5, 5.41) is 10.8. The average Bonchev–Trinajstić information content (AvgIpc) is 2.18. The molecule has 6 heteroatoms. The third kappa shape index (κ3) is 3.63. The predicted molar refractivity (Wildman–Crippen MR) is 67.2 cm³/mol. The Labute approximate surface area is 105 Å². The molecular formula is C10H14Cl2N2O2. The van der Waals surface area contributed by atoms with E-state index in [1.165, 1.54) is 12.1 Å². The molecule has 1 aromatic carbocycles. The maximum Gasteiger partial charge on any atom is 0.288 e. The fraction of sp³-hybridized carbons (Fsp3) is 0.400. The second kappa shape index (κ2) is 6.68. The Hall–Kier alpha value is -0.840. The van der Waals surface area contributed by atoms with E-state index in [9.17, 15) is 10.1 Å². The molecule has 0 heterocycles. The van der Waals surface area contributed by atoms with Gasteiger partial charge in [0.1, 0.15) is 5.02 Å². The van der Waals surface area contributed by atoms with Gasteiger partial charge in [-0.15, -0.1) is 12.4 Å². The molecule has 0 saturated carbocycles. The van der Waals surface area contributed by atoms with E-state index in [1.807, 2.05) is 6.92 Å². The first-order chi connectivity index (χ1) is 7.06. The van der Waals surface area contributed by atoms with Gasteiger partial charge in [0.25, 0.3) is 5.69 Å². The molecule has 2 N–H and O–H groups in total. The number of nitro groups is 1. The molecule has 4 nitrogen and oxygen atoms in total. The summed E-state index contributed by atoms with van der Waals surface area (Å²) >= 11 is 5.69. The van der Waals surface area contributed by atoms with Crippen LogP contribution in [0.4, 0.5) is 5.69 Å². The normalized spacial score (nSPS) is 11.7. The number of halogens is 2. The molecule has 90 valence electrons. The third-order valence-corrected chi connectivity index (χ3v) is 2.51. The van der Waals surface area contributed by atoms with Gasteiger partial charge in [0.15, 0.2) is 0 Å². The number of hydrogen-bond donors (Lipinski definition) is 1. The molecule has 0 spiro atoms. The lowest BCUT2D eigenvalue weighted by atomic mass is 10.0. The maximum absolute atomic E-state index is 10.6. The highest BCUT2D eigenvalue weighted by Crippen LogP contribution is 2.28. The number of hydrogen-bond acceptors (Lipinski definition) is 3. The van der Waals surface area contributed by atoms with Crippen LogP contribution in [0.5, 0.6) is 0 Å². The van der Waals surface area contributed by atoms with Gasteiger partial charge in [-0.2, -0.15) is 0 Å². The zero-order chi connectivity index (χ0) is 11.4. The van der Waals surface area contributed by atoms with Crippen LogP contribution >= 0.6 is 24.0 Å². The molecule has 1 atom stereocenters. The number of nitro benzene ring substituents is 1. The van der Waals surface area contributed by atoms with Crippen molar-refractivity contribution in [2.45, 2.75) is 25.8 Å². The molecule has 1 aromatic rings. The molecular weight excluding hydrogens is 251 g/mol. The second-order valence-electron chi connectivity index (χ2n) is 3.36. The van der Waals surface area contributed by atoms with E-state index in [1.54, 1.807) is 6.07 Å². The van der Waals surface area contributed by atoms with Crippen molar-refractivity contribution < 1.29 is 4.92 Å². The van der Waals surface area contributed by atoms with Crippen molar-refractivity contribution in [1.29, 1.82) is 0 Å². The lowest BCUT2D eigenvalue weighted by molar-refractivity contribution is -0.384. The smallest absolute Gasteiger partial charge is 0.288 e. The summed E-state index contributed by atoms with van der Waals surface area (Å²) in [6, 6.07) is 4.54. The molecule has 0 unspecified atom stereocenters. The summed E-state index contributed by atoms with van der Waals surface area (Å²) in [6.45, 7) is 2.02. The average molecular weight is 265 g/mol. The predicted octanol–water partition coefficient (Wildman–Crippen LogP) is 3.47. The SMILES string of the molecule is CCC[C@@H](N)c1ccc(Cl)c([N+](=O)[O-])c1.Cl. The molecule has 0 aliphatic heterocycles. The van der Waals surface area contributed by atoms with Gasteiger partial charge in [0, 0.05) is 12.1 Å². The van der Waals surface area contributed by atoms with E-state index in [0.29, 0.717) is 0 Å². The van der Waals surface area contributed by atoms with Gasteiger partial charge in [-0.25, -0.2) is 0 Å². The van der Waals surface area contributed by atoms with Crippen LogP contribution in [0.25, 0.3) is 0 Å². The van der Waals surface area contributed by atoms with E-state index >= 15 is 0 Å². The summed E-state index contributed by atoms with van der Waals surface area (Å²) < 4.78 is 0. The van der Waals surface area contributed by atoms with Crippen LogP contribution in [-0.4, -0.2) is 4.92 Å². The Morgan fingerprint density at radius 3 is 2.69 bits per heavy atom. The van der Waals surface area contributed by atoms with Gasteiger partial charge in [-0.05, 0) is 18.1 Å². The van der Waals surface area contributed by atoms with Crippen LogP contribution < -0.4 is 5.73 Å². The van der Waals surface area contributed by atoms with Crippen molar-refractivity contribution in [3.63, 3.8) is 0 Å².